The first-order valence-electron chi connectivity index (χ1n) is 7.18. The van der Waals surface area contributed by atoms with Crippen molar-refractivity contribution in [1.82, 2.24) is 15.2 Å². The average Bonchev–Trinajstić information content (AvgIpc) is 2.87. The highest BCUT2D eigenvalue weighted by Crippen LogP contribution is 2.15. The van der Waals surface area contributed by atoms with Crippen molar-refractivity contribution in [2.24, 2.45) is 10.8 Å². The number of ether oxygens (including phenoxy) is 1. The summed E-state index contributed by atoms with van der Waals surface area (Å²) in [6.45, 7) is 11.2. The molecule has 1 heterocycles. The Balaban J connectivity index is 2.60. The van der Waals surface area contributed by atoms with Gasteiger partial charge in [-0.2, -0.15) is 0 Å². The zero-order valence-corrected chi connectivity index (χ0v) is 12.7. The molecular weight excluding hydrogens is 242 g/mol. The van der Waals surface area contributed by atoms with Crippen LogP contribution in [0, 0.1) is 0 Å². The van der Waals surface area contributed by atoms with Gasteiger partial charge in [-0.3, -0.25) is 10.3 Å². The van der Waals surface area contributed by atoms with Crippen LogP contribution in [0.1, 0.15) is 27.2 Å². The molecule has 0 aromatic rings. The Morgan fingerprint density at radius 2 is 2.21 bits per heavy atom. The van der Waals surface area contributed by atoms with E-state index in [0.717, 1.165) is 32.1 Å². The monoisotopic (exact) mass is 271 g/mol. The highest BCUT2D eigenvalue weighted by atomic mass is 16.5. The number of hydrogen-bond acceptors (Lipinski definition) is 4. The largest absolute Gasteiger partial charge is 0.382 e. The number of hydrogen-bond donors (Lipinski definition) is 2. The van der Waals surface area contributed by atoms with Gasteiger partial charge in [0.15, 0.2) is 0 Å². The lowest BCUT2D eigenvalue weighted by Crippen LogP contribution is -2.46. The Bertz CT molecular complexity index is 280. The molecular formula is C13H29N5O. The molecule has 0 bridgehead atoms. The fourth-order valence-electron chi connectivity index (χ4n) is 2.67. The van der Waals surface area contributed by atoms with Crippen LogP contribution in [0.5, 0.6) is 0 Å². The van der Waals surface area contributed by atoms with Crippen molar-refractivity contribution in [2.75, 3.05) is 39.9 Å². The minimum atomic E-state index is 0.114. The van der Waals surface area contributed by atoms with Gasteiger partial charge in [0, 0.05) is 26.2 Å². The fraction of sp³-hybridized carbons (Fsp3) is 0.923. The quantitative estimate of drug-likeness (QED) is 0.314. The van der Waals surface area contributed by atoms with E-state index in [0.29, 0.717) is 12.6 Å². The minimum absolute atomic E-state index is 0.114. The molecule has 19 heavy (non-hydrogen) atoms. The molecule has 0 spiro atoms. The van der Waals surface area contributed by atoms with Gasteiger partial charge in [0.2, 0.25) is 5.96 Å². The Morgan fingerprint density at radius 3 is 2.74 bits per heavy atom. The van der Waals surface area contributed by atoms with Gasteiger partial charge < -0.3 is 9.64 Å². The summed E-state index contributed by atoms with van der Waals surface area (Å²) >= 11 is 0. The zero-order valence-electron chi connectivity index (χ0n) is 12.7. The number of nitrogens with two attached hydrogens (primary N) is 1. The molecule has 1 fully saturated rings. The first kappa shape index (κ1) is 16.2. The number of hydrazine groups is 1. The van der Waals surface area contributed by atoms with Crippen LogP contribution in [0.15, 0.2) is 4.99 Å². The van der Waals surface area contributed by atoms with Crippen molar-refractivity contribution in [3.05, 3.63) is 0 Å². The highest BCUT2D eigenvalue weighted by Gasteiger charge is 2.28. The maximum Gasteiger partial charge on any atom is 0.208 e. The van der Waals surface area contributed by atoms with Crippen molar-refractivity contribution in [3.63, 3.8) is 0 Å². The second-order valence-corrected chi connectivity index (χ2v) is 5.01. The average molecular weight is 271 g/mol. The number of rotatable bonds is 6. The summed E-state index contributed by atoms with van der Waals surface area (Å²) in [5.41, 5.74) is 2.73. The van der Waals surface area contributed by atoms with Crippen LogP contribution in [-0.4, -0.2) is 67.7 Å². The molecule has 112 valence electrons. The van der Waals surface area contributed by atoms with E-state index in [-0.39, 0.29) is 6.04 Å². The van der Waals surface area contributed by atoms with Crippen molar-refractivity contribution in [2.45, 2.75) is 39.3 Å². The van der Waals surface area contributed by atoms with E-state index in [1.807, 2.05) is 6.92 Å². The van der Waals surface area contributed by atoms with E-state index in [2.05, 4.69) is 34.1 Å². The standard InChI is InChI=1S/C13H29N5O/c1-5-17(6-2)12-7-8-18(9-12)13(16-14)15-11(3)10-19-4/h11-12H,5-10,14H2,1-4H3,(H,15,16). The van der Waals surface area contributed by atoms with Gasteiger partial charge in [0.05, 0.1) is 12.6 Å². The maximum atomic E-state index is 5.61. The molecule has 0 aliphatic carbocycles. The molecule has 0 amide bonds. The molecule has 0 radical (unpaired) electrons. The van der Waals surface area contributed by atoms with Crippen molar-refractivity contribution < 1.29 is 4.74 Å². The lowest BCUT2D eigenvalue weighted by atomic mass is 10.2. The van der Waals surface area contributed by atoms with Crippen molar-refractivity contribution in [3.8, 4) is 0 Å². The molecule has 1 saturated heterocycles. The van der Waals surface area contributed by atoms with Crippen LogP contribution in [0.4, 0.5) is 0 Å². The fourth-order valence-corrected chi connectivity index (χ4v) is 2.67. The third-order valence-corrected chi connectivity index (χ3v) is 3.67. The molecule has 2 atom stereocenters. The number of likely N-dealkylation sites (N-methyl/N-ethyl adjacent to an activating group) is 1. The van der Waals surface area contributed by atoms with E-state index in [1.54, 1.807) is 7.11 Å². The van der Waals surface area contributed by atoms with Gasteiger partial charge >= 0.3 is 0 Å². The minimum Gasteiger partial charge on any atom is -0.382 e. The van der Waals surface area contributed by atoms with Crippen LogP contribution in [0.3, 0.4) is 0 Å². The Labute approximate surface area is 117 Å². The van der Waals surface area contributed by atoms with Crippen molar-refractivity contribution in [1.29, 1.82) is 0 Å². The van der Waals surface area contributed by atoms with E-state index < -0.39 is 0 Å². The topological polar surface area (TPSA) is 66.1 Å². The van der Waals surface area contributed by atoms with Crippen LogP contribution >= 0.6 is 0 Å². The molecule has 0 saturated carbocycles. The zero-order chi connectivity index (χ0) is 14.3. The summed E-state index contributed by atoms with van der Waals surface area (Å²) < 4.78 is 5.10. The van der Waals surface area contributed by atoms with Gasteiger partial charge in [-0.1, -0.05) is 13.8 Å². The van der Waals surface area contributed by atoms with Crippen LogP contribution < -0.4 is 11.3 Å². The lowest BCUT2D eigenvalue weighted by molar-refractivity contribution is 0.185. The summed E-state index contributed by atoms with van der Waals surface area (Å²) in [7, 11) is 1.69. The summed E-state index contributed by atoms with van der Waals surface area (Å²) in [5, 5.41) is 0. The van der Waals surface area contributed by atoms with Gasteiger partial charge in [0.25, 0.3) is 0 Å². The molecule has 1 aliphatic rings. The molecule has 6 nitrogen and oxygen atoms in total. The molecule has 0 aromatic heterocycles. The van der Waals surface area contributed by atoms with E-state index >= 15 is 0 Å². The third kappa shape index (κ3) is 4.63. The third-order valence-electron chi connectivity index (χ3n) is 3.67. The number of nitrogens with zero attached hydrogens (tertiary/aromatic N) is 3. The summed E-state index contributed by atoms with van der Waals surface area (Å²) in [6.07, 6.45) is 1.17. The molecule has 0 aromatic carbocycles. The number of guanidine groups is 1. The maximum absolute atomic E-state index is 5.61. The number of nitrogens with one attached hydrogen (secondary N) is 1. The van der Waals surface area contributed by atoms with Gasteiger partial charge in [-0.05, 0) is 26.4 Å². The predicted molar refractivity (Wildman–Crippen MR) is 79.0 cm³/mol. The van der Waals surface area contributed by atoms with E-state index in [9.17, 15) is 0 Å². The number of methoxy groups -OCH3 is 1. The summed E-state index contributed by atoms with van der Waals surface area (Å²) in [6, 6.07) is 0.717. The Kier molecular flexibility index (Phi) is 7.12. The van der Waals surface area contributed by atoms with Crippen molar-refractivity contribution >= 4 is 5.96 Å². The van der Waals surface area contributed by atoms with Crippen LogP contribution in [0.25, 0.3) is 0 Å². The highest BCUT2D eigenvalue weighted by molar-refractivity contribution is 5.79. The SMILES string of the molecule is CCN(CC)C1CCN(C(=NC(C)COC)NN)C1. The van der Waals surface area contributed by atoms with Gasteiger partial charge in [-0.15, -0.1) is 0 Å². The predicted octanol–water partition coefficient (Wildman–Crippen LogP) is 0.257. The van der Waals surface area contributed by atoms with Crippen LogP contribution in [-0.2, 0) is 4.74 Å². The Morgan fingerprint density at radius 1 is 1.53 bits per heavy atom. The second-order valence-electron chi connectivity index (χ2n) is 5.01. The molecule has 6 heteroatoms. The molecule has 1 rings (SSSR count). The smallest absolute Gasteiger partial charge is 0.208 e. The van der Waals surface area contributed by atoms with E-state index in [4.69, 9.17) is 10.6 Å². The summed E-state index contributed by atoms with van der Waals surface area (Å²) in [4.78, 5) is 9.30. The lowest BCUT2D eigenvalue weighted by Gasteiger charge is -2.27. The van der Waals surface area contributed by atoms with Gasteiger partial charge in [0.1, 0.15) is 0 Å². The molecule has 3 N–H and O–H groups in total. The molecule has 2 unspecified atom stereocenters. The first-order valence-corrected chi connectivity index (χ1v) is 7.18. The second kappa shape index (κ2) is 8.35. The molecule has 1 aliphatic heterocycles. The van der Waals surface area contributed by atoms with E-state index in [1.165, 1.54) is 6.42 Å². The summed E-state index contributed by atoms with van der Waals surface area (Å²) in [5.74, 6) is 6.38. The first-order chi connectivity index (χ1) is 9.15. The number of aliphatic imine (C=N–C) groups is 1. The van der Waals surface area contributed by atoms with Gasteiger partial charge in [-0.25, -0.2) is 10.8 Å². The van der Waals surface area contributed by atoms with Crippen LogP contribution in [0.2, 0.25) is 0 Å². The number of likely N-dealkylation sites (tertiary alicyclic amines) is 1. The Hall–Kier alpha value is -0.850. The normalized spacial score (nSPS) is 22.1.